The summed E-state index contributed by atoms with van der Waals surface area (Å²) in [5, 5.41) is 3.73. The summed E-state index contributed by atoms with van der Waals surface area (Å²) in [5.74, 6) is -1.12. The lowest BCUT2D eigenvalue weighted by Crippen LogP contribution is -2.37. The van der Waals surface area contributed by atoms with Crippen LogP contribution in [0.2, 0.25) is 0 Å². The van der Waals surface area contributed by atoms with Gasteiger partial charge in [-0.05, 0) is 12.8 Å². The van der Waals surface area contributed by atoms with Crippen LogP contribution in [0.4, 0.5) is 0 Å². The van der Waals surface area contributed by atoms with Gasteiger partial charge in [0.25, 0.3) is 5.91 Å². The number of hydrazone groups is 1. The van der Waals surface area contributed by atoms with Crippen molar-refractivity contribution in [1.29, 1.82) is 0 Å². The molecule has 0 unspecified atom stereocenters. The molecule has 3 rings (SSSR count). The lowest BCUT2D eigenvalue weighted by Gasteiger charge is -2.24. The van der Waals surface area contributed by atoms with E-state index in [1.807, 2.05) is 6.07 Å². The molecule has 7 heteroatoms. The Balaban J connectivity index is 1.78. The fourth-order valence-electron chi connectivity index (χ4n) is 2.79. The number of carbonyl (C=O) groups excluding carboxylic acids is 3. The minimum Gasteiger partial charge on any atom is -0.443 e. The van der Waals surface area contributed by atoms with Crippen LogP contribution in [0, 0.1) is 0 Å². The largest absolute Gasteiger partial charge is 0.443 e. The van der Waals surface area contributed by atoms with Crippen LogP contribution in [0.1, 0.15) is 37.4 Å². The minimum absolute atomic E-state index is 0.129. The Hall–Kier alpha value is -2.70. The van der Waals surface area contributed by atoms with E-state index in [9.17, 15) is 14.4 Å². The third kappa shape index (κ3) is 3.61. The van der Waals surface area contributed by atoms with Crippen molar-refractivity contribution in [3.63, 3.8) is 0 Å². The number of likely N-dealkylation sites (tertiary alicyclic amines) is 1. The minimum atomic E-state index is -0.989. The van der Waals surface area contributed by atoms with Crippen molar-refractivity contribution in [2.24, 2.45) is 5.10 Å². The average molecular weight is 329 g/mol. The Morgan fingerprint density at radius 1 is 1.12 bits per heavy atom. The molecule has 1 fully saturated rings. The van der Waals surface area contributed by atoms with Crippen LogP contribution in [0.5, 0.6) is 0 Å². The van der Waals surface area contributed by atoms with E-state index in [0.717, 1.165) is 12.8 Å². The normalized spacial score (nSPS) is 18.6. The van der Waals surface area contributed by atoms with Crippen molar-refractivity contribution in [1.82, 2.24) is 10.3 Å². The van der Waals surface area contributed by atoms with Crippen LogP contribution >= 0.6 is 0 Å². The first-order valence-electron chi connectivity index (χ1n) is 8.05. The molecule has 1 aromatic carbocycles. The molecular weight excluding hydrogens is 310 g/mol. The van der Waals surface area contributed by atoms with E-state index in [-0.39, 0.29) is 30.4 Å². The van der Waals surface area contributed by atoms with Gasteiger partial charge >= 0.3 is 5.97 Å². The Labute approximate surface area is 139 Å². The quantitative estimate of drug-likeness (QED) is 0.840. The molecule has 0 aromatic heterocycles. The smallest absolute Gasteiger partial charge is 0.355 e. The highest BCUT2D eigenvalue weighted by Gasteiger charge is 2.32. The molecule has 0 saturated carbocycles. The SMILES string of the molecule is O=C1CCC(C(=O)O[C@H](C(=O)N2CCCC2)c2ccccc2)=NN1. The van der Waals surface area contributed by atoms with Gasteiger partial charge in [-0.3, -0.25) is 9.59 Å². The van der Waals surface area contributed by atoms with Gasteiger partial charge in [-0.25, -0.2) is 10.2 Å². The third-order valence-electron chi connectivity index (χ3n) is 4.11. The zero-order valence-electron chi connectivity index (χ0n) is 13.2. The molecule has 0 bridgehead atoms. The number of carbonyl (C=O) groups is 3. The van der Waals surface area contributed by atoms with Crippen LogP contribution in [0.15, 0.2) is 35.4 Å². The van der Waals surface area contributed by atoms with Gasteiger partial charge in [0.15, 0.2) is 0 Å². The van der Waals surface area contributed by atoms with Gasteiger partial charge in [-0.15, -0.1) is 0 Å². The number of nitrogens with zero attached hydrogens (tertiary/aromatic N) is 2. The van der Waals surface area contributed by atoms with E-state index in [0.29, 0.717) is 18.7 Å². The summed E-state index contributed by atoms with van der Waals surface area (Å²) in [7, 11) is 0. The van der Waals surface area contributed by atoms with Crippen LogP contribution in [0.3, 0.4) is 0 Å². The first kappa shape index (κ1) is 16.2. The van der Waals surface area contributed by atoms with Crippen LogP contribution in [-0.2, 0) is 19.1 Å². The summed E-state index contributed by atoms with van der Waals surface area (Å²) in [6.07, 6.45) is 1.32. The Morgan fingerprint density at radius 3 is 2.46 bits per heavy atom. The van der Waals surface area contributed by atoms with E-state index in [1.54, 1.807) is 29.2 Å². The highest BCUT2D eigenvalue weighted by Crippen LogP contribution is 2.23. The molecule has 1 saturated heterocycles. The maximum Gasteiger partial charge on any atom is 0.355 e. The van der Waals surface area contributed by atoms with E-state index in [1.165, 1.54) is 0 Å². The highest BCUT2D eigenvalue weighted by atomic mass is 16.5. The Kier molecular flexibility index (Phi) is 4.88. The van der Waals surface area contributed by atoms with Gasteiger partial charge in [0.05, 0.1) is 0 Å². The maximum absolute atomic E-state index is 12.8. The molecule has 1 aromatic rings. The maximum atomic E-state index is 12.8. The van der Waals surface area contributed by atoms with Crippen molar-refractivity contribution in [3.05, 3.63) is 35.9 Å². The van der Waals surface area contributed by atoms with Gasteiger partial charge in [0, 0.05) is 31.5 Å². The van der Waals surface area contributed by atoms with Crippen molar-refractivity contribution in [2.75, 3.05) is 13.1 Å². The molecule has 2 aliphatic heterocycles. The summed E-state index contributed by atoms with van der Waals surface area (Å²) < 4.78 is 5.47. The number of ether oxygens (including phenoxy) is 1. The van der Waals surface area contributed by atoms with Gasteiger partial charge in [-0.1, -0.05) is 30.3 Å². The van der Waals surface area contributed by atoms with Crippen LogP contribution < -0.4 is 5.43 Å². The summed E-state index contributed by atoms with van der Waals surface area (Å²) in [6.45, 7) is 1.35. The molecule has 7 nitrogen and oxygen atoms in total. The van der Waals surface area contributed by atoms with Gasteiger partial charge < -0.3 is 9.64 Å². The average Bonchev–Trinajstić information content (AvgIpc) is 3.15. The topological polar surface area (TPSA) is 88.1 Å². The molecule has 1 atom stereocenters. The first-order chi connectivity index (χ1) is 11.6. The summed E-state index contributed by atoms with van der Waals surface area (Å²) in [4.78, 5) is 37.9. The fraction of sp³-hybridized carbons (Fsp3) is 0.412. The lowest BCUT2D eigenvalue weighted by molar-refractivity contribution is -0.155. The van der Waals surface area contributed by atoms with Crippen molar-refractivity contribution in [2.45, 2.75) is 31.8 Å². The molecule has 2 heterocycles. The van der Waals surface area contributed by atoms with E-state index >= 15 is 0 Å². The van der Waals surface area contributed by atoms with E-state index < -0.39 is 12.1 Å². The van der Waals surface area contributed by atoms with Gasteiger partial charge in [0.1, 0.15) is 5.71 Å². The summed E-state index contributed by atoms with van der Waals surface area (Å²) >= 11 is 0. The van der Waals surface area contributed by atoms with Crippen molar-refractivity contribution >= 4 is 23.5 Å². The van der Waals surface area contributed by atoms with Crippen LogP contribution in [0.25, 0.3) is 0 Å². The first-order valence-corrected chi connectivity index (χ1v) is 8.05. The molecule has 1 N–H and O–H groups in total. The molecule has 0 aliphatic carbocycles. The number of benzene rings is 1. The molecule has 126 valence electrons. The summed E-state index contributed by atoms with van der Waals surface area (Å²) in [5.41, 5.74) is 3.02. The number of nitrogens with one attached hydrogen (secondary N) is 1. The zero-order valence-corrected chi connectivity index (χ0v) is 13.2. The molecule has 2 amide bonds. The summed E-state index contributed by atoms with van der Waals surface area (Å²) in [6, 6.07) is 8.95. The van der Waals surface area contributed by atoms with Crippen molar-refractivity contribution in [3.8, 4) is 0 Å². The predicted molar refractivity (Wildman–Crippen MR) is 85.9 cm³/mol. The third-order valence-corrected chi connectivity index (χ3v) is 4.11. The van der Waals surface area contributed by atoms with Gasteiger partial charge in [0.2, 0.25) is 12.0 Å². The number of amides is 2. The zero-order chi connectivity index (χ0) is 16.9. The highest BCUT2D eigenvalue weighted by molar-refractivity contribution is 6.37. The predicted octanol–water partition coefficient (Wildman–Crippen LogP) is 1.16. The monoisotopic (exact) mass is 329 g/mol. The van der Waals surface area contributed by atoms with E-state index in [4.69, 9.17) is 4.74 Å². The number of esters is 1. The standard InChI is InChI=1S/C17H19N3O4/c21-14-9-8-13(18-19-14)17(23)24-15(12-6-2-1-3-7-12)16(22)20-10-4-5-11-20/h1-3,6-7,15H,4-5,8-11H2,(H,19,21)/t15-/m0/s1. The Bertz CT molecular complexity index is 666. The molecular formula is C17H19N3O4. The lowest BCUT2D eigenvalue weighted by atomic mass is 10.1. The second-order valence-corrected chi connectivity index (χ2v) is 5.82. The number of rotatable bonds is 4. The van der Waals surface area contributed by atoms with Gasteiger partial charge in [-0.2, -0.15) is 5.10 Å². The number of hydrogen-bond acceptors (Lipinski definition) is 5. The molecule has 0 spiro atoms. The molecule has 24 heavy (non-hydrogen) atoms. The molecule has 0 radical (unpaired) electrons. The second-order valence-electron chi connectivity index (χ2n) is 5.82. The number of hydrogen-bond donors (Lipinski definition) is 1. The fourth-order valence-corrected chi connectivity index (χ4v) is 2.79. The van der Waals surface area contributed by atoms with Crippen LogP contribution in [-0.4, -0.2) is 41.5 Å². The molecule has 2 aliphatic rings. The van der Waals surface area contributed by atoms with E-state index in [2.05, 4.69) is 10.5 Å². The second kappa shape index (κ2) is 7.25. The van der Waals surface area contributed by atoms with Crippen molar-refractivity contribution < 1.29 is 19.1 Å². The Morgan fingerprint density at radius 2 is 1.83 bits per heavy atom.